The predicted octanol–water partition coefficient (Wildman–Crippen LogP) is 31.8. The van der Waals surface area contributed by atoms with Crippen LogP contribution in [0.2, 0.25) is 0 Å². The van der Waals surface area contributed by atoms with Crippen LogP contribution in [0, 0.1) is 82.3 Å². The summed E-state index contributed by atoms with van der Waals surface area (Å²) in [6.45, 7) is 54.0. The monoisotopic (exact) mass is 1800 g/mol. The molecule has 16 rings (SSSR count). The van der Waals surface area contributed by atoms with Crippen molar-refractivity contribution < 1.29 is 67.7 Å². The third kappa shape index (κ3) is 33.4. The molecule has 0 amide bonds. The van der Waals surface area contributed by atoms with E-state index >= 15 is 0 Å². The molecule has 0 radical (unpaired) electrons. The van der Waals surface area contributed by atoms with Crippen molar-refractivity contribution in [1.29, 1.82) is 0 Å². The molecule has 10 aliphatic rings. The predicted molar refractivity (Wildman–Crippen MR) is 535 cm³/mol. The molecule has 10 aliphatic carbocycles. The van der Waals surface area contributed by atoms with Gasteiger partial charge >= 0.3 is 24.1 Å². The number of benzene rings is 6. The van der Waals surface area contributed by atoms with Gasteiger partial charge in [0.25, 0.3) is 0 Å². The number of fused-ring (bicyclic) bond motifs is 2. The van der Waals surface area contributed by atoms with Crippen LogP contribution in [0.4, 0.5) is 4.79 Å². The van der Waals surface area contributed by atoms with E-state index in [0.29, 0.717) is 88.8 Å². The fraction of sp³-hybridized carbons (Fsp3) is 0.655. The molecule has 10 fully saturated rings. The van der Waals surface area contributed by atoms with Crippen molar-refractivity contribution in [3.63, 3.8) is 0 Å². The maximum Gasteiger partial charge on any atom is 0.513 e. The first-order valence-electron chi connectivity index (χ1n) is 51.1. The lowest BCUT2D eigenvalue weighted by atomic mass is 9.46. The number of carbonyl (C=O) groups is 4. The van der Waals surface area contributed by atoms with Gasteiger partial charge in [0.2, 0.25) is 0 Å². The molecule has 10 bridgehead atoms. The summed E-state index contributed by atoms with van der Waals surface area (Å²) in [5.41, 5.74) is 7.57. The third-order valence-corrected chi connectivity index (χ3v) is 31.8. The molecule has 10 saturated carbocycles. The Kier molecular flexibility index (Phi) is 46.5. The fourth-order valence-electron chi connectivity index (χ4n) is 21.0. The van der Waals surface area contributed by atoms with Crippen LogP contribution in [-0.2, 0) is 38.1 Å². The molecule has 14 atom stereocenters. The highest BCUT2D eigenvalue weighted by Gasteiger charge is 2.60. The molecule has 14 heteroatoms. The second-order valence-corrected chi connectivity index (χ2v) is 41.3. The minimum Gasteiger partial charge on any atom is -0.508 e. The summed E-state index contributed by atoms with van der Waals surface area (Å²) in [5, 5.41) is 27.0. The summed E-state index contributed by atoms with van der Waals surface area (Å²) in [7, 11) is 1.29. The van der Waals surface area contributed by atoms with Gasteiger partial charge in [0, 0.05) is 12.0 Å². The number of phenolic OH excluding ortho intramolecular Hbond substituents is 3. The summed E-state index contributed by atoms with van der Waals surface area (Å²) in [6, 6.07) is 48.7. The topological polar surface area (TPSA) is 194 Å². The molecule has 0 saturated heterocycles. The van der Waals surface area contributed by atoms with E-state index in [1.807, 2.05) is 95.3 Å². The second kappa shape index (κ2) is 54.5. The van der Waals surface area contributed by atoms with Crippen molar-refractivity contribution in [3.05, 3.63) is 185 Å². The maximum atomic E-state index is 12.3. The Labute approximate surface area is 789 Å². The molecule has 6 aromatic rings. The van der Waals surface area contributed by atoms with Crippen LogP contribution in [0.25, 0.3) is 0 Å². The zero-order valence-electron chi connectivity index (χ0n) is 85.7. The average Bonchev–Trinajstić information content (AvgIpc) is 0.732. The fourth-order valence-corrected chi connectivity index (χ4v) is 21.0. The molecule has 0 spiro atoms. The highest BCUT2D eigenvalue weighted by atomic mass is 16.7. The molecular weight excluding hydrogens is 1620 g/mol. The van der Waals surface area contributed by atoms with Crippen LogP contribution in [0.3, 0.4) is 0 Å². The number of carbonyl (C=O) groups excluding carboxylic acids is 4. The summed E-state index contributed by atoms with van der Waals surface area (Å²) >= 11 is 0. The van der Waals surface area contributed by atoms with E-state index in [2.05, 4.69) is 186 Å². The molecule has 0 heterocycles. The Balaban J connectivity index is 0.000000228. The Morgan fingerprint density at radius 2 is 0.700 bits per heavy atom. The smallest absolute Gasteiger partial charge is 0.508 e. The maximum absolute atomic E-state index is 12.3. The minimum absolute atomic E-state index is 0.00763. The van der Waals surface area contributed by atoms with Crippen molar-refractivity contribution >= 4 is 24.1 Å². The van der Waals surface area contributed by atoms with Gasteiger partial charge in [-0.15, -0.1) is 0 Å². The molecule has 726 valence electrons. The van der Waals surface area contributed by atoms with Gasteiger partial charge in [0.1, 0.15) is 45.6 Å². The van der Waals surface area contributed by atoms with Crippen LogP contribution < -0.4 is 9.47 Å². The van der Waals surface area contributed by atoms with Crippen molar-refractivity contribution in [2.75, 3.05) is 13.7 Å². The van der Waals surface area contributed by atoms with E-state index in [0.717, 1.165) is 92.6 Å². The lowest BCUT2D eigenvalue weighted by Gasteiger charge is -2.61. The Bertz CT molecular complexity index is 3950. The van der Waals surface area contributed by atoms with Gasteiger partial charge in [0.05, 0.1) is 24.9 Å². The second-order valence-electron chi connectivity index (χ2n) is 41.3. The van der Waals surface area contributed by atoms with Crippen LogP contribution in [-0.4, -0.2) is 76.2 Å². The first kappa shape index (κ1) is 111. The van der Waals surface area contributed by atoms with Gasteiger partial charge in [-0.1, -0.05) is 235 Å². The first-order chi connectivity index (χ1) is 61.7. The normalized spacial score (nSPS) is 25.9. The van der Waals surface area contributed by atoms with Crippen LogP contribution in [0.1, 0.15) is 403 Å². The number of hydrogen-bond acceptors (Lipinski definition) is 14. The van der Waals surface area contributed by atoms with E-state index in [4.69, 9.17) is 43.7 Å². The van der Waals surface area contributed by atoms with Gasteiger partial charge in [-0.2, -0.15) is 0 Å². The number of phenols is 3. The van der Waals surface area contributed by atoms with Gasteiger partial charge < -0.3 is 48.5 Å². The molecule has 0 aliphatic heterocycles. The lowest BCUT2D eigenvalue weighted by molar-refractivity contribution is -0.206. The number of ether oxygens (including phenoxy) is 7. The van der Waals surface area contributed by atoms with Crippen molar-refractivity contribution in [1.82, 2.24) is 0 Å². The average molecular weight is 1800 g/mol. The Hall–Kier alpha value is -7.84. The highest BCUT2D eigenvalue weighted by Crippen LogP contribution is 2.65. The largest absolute Gasteiger partial charge is 0.513 e. The quantitative estimate of drug-likeness (QED) is 0.0191. The number of methoxy groups -OCH3 is 1. The van der Waals surface area contributed by atoms with E-state index in [-0.39, 0.29) is 64.2 Å². The van der Waals surface area contributed by atoms with Gasteiger partial charge in [-0.05, 0) is 378 Å². The van der Waals surface area contributed by atoms with Gasteiger partial charge in [0.15, 0.2) is 6.29 Å². The molecule has 14 nitrogen and oxygen atoms in total. The number of rotatable bonds is 27. The molecule has 6 aromatic carbocycles. The van der Waals surface area contributed by atoms with Crippen molar-refractivity contribution in [2.45, 2.75) is 392 Å². The van der Waals surface area contributed by atoms with Gasteiger partial charge in [-0.3, -0.25) is 14.4 Å². The summed E-state index contributed by atoms with van der Waals surface area (Å²) in [5.74, 6) is 14.1. The molecule has 130 heavy (non-hydrogen) atoms. The number of hydrogen-bond donors (Lipinski definition) is 3. The Morgan fingerprint density at radius 3 is 1.05 bits per heavy atom. The number of aromatic hydroxyl groups is 3. The Morgan fingerprint density at radius 1 is 0.377 bits per heavy atom. The molecule has 0 aromatic heterocycles. The van der Waals surface area contributed by atoms with Crippen LogP contribution >= 0.6 is 0 Å². The van der Waals surface area contributed by atoms with Crippen molar-refractivity contribution in [3.8, 4) is 28.7 Å². The summed E-state index contributed by atoms with van der Waals surface area (Å²) in [6.07, 6.45) is 30.0. The standard InChI is InChI=1S/C18H30O2.C16H26O2.C16H28O2.C14H22O2.C12H16O3.3C10H14O.C10H14/c1-5-12(2)16(19)20-17(3,4)18-9-13-6-14(10-18)8-15(7-13)11-18;1-4-10(2)15(17)18-16(3)13-6-11-5-12(8-13)9-14(16)7-11;1-5-11(2)15(17)18-16(4)12(3)9-13-7-6-8-14(16)10-13;1-5-11(3)13-7-9-14(10-8-13)16-12(4)15-6-2;1-4-9(2)10-5-7-11(8-6-10)15-12(13)14-3;3*1-3-8(2)9-4-6-10(11)7-5-9;1-3-9(2)10-7-5-4-6-8-10/h12-15H,5-11H2,1-4H3;10-14H,4-9H2,1-3H3;11-14H,5-10H2,1-4H3;7-12H,5-6H2,1-4H3;5-9H,4H2,1-3H3;3*4-8,11H,3H2,1-2H3;4-9H,3H2,1-2H3. The minimum atomic E-state index is -0.689. The first-order valence-corrected chi connectivity index (χ1v) is 51.1. The van der Waals surface area contributed by atoms with Crippen LogP contribution in [0.5, 0.6) is 28.7 Å². The zero-order valence-corrected chi connectivity index (χ0v) is 85.7. The van der Waals surface area contributed by atoms with Crippen molar-refractivity contribution in [2.24, 2.45) is 82.3 Å². The SMILES string of the molecule is CCC(C)C(=O)OC(C)(C)C12CC3CC(CC(C3)C1)C2.CCC(C)C(=O)OC1(C)C(C)CC2CCCC1C2.CCC(C)C(=O)OC1(C)C2CC3CC(C2)CC1C3.CCC(C)c1ccc(O)cc1.CCC(C)c1ccc(O)cc1.CCC(C)c1ccc(O)cc1.CCC(C)c1ccc(OC(=O)OC)cc1.CCC(C)c1ccccc1.CCOC(C)Oc1ccc(C(C)CC)cc1. The molecular formula is C116H178O14. The highest BCUT2D eigenvalue weighted by molar-refractivity contribution is 5.73. The summed E-state index contributed by atoms with van der Waals surface area (Å²) < 4.78 is 38.2. The third-order valence-electron chi connectivity index (χ3n) is 31.8. The molecule has 3 N–H and O–H groups in total. The van der Waals surface area contributed by atoms with E-state index in [9.17, 15) is 19.2 Å². The zero-order chi connectivity index (χ0) is 96.2. The summed E-state index contributed by atoms with van der Waals surface area (Å²) in [4.78, 5) is 47.4. The van der Waals surface area contributed by atoms with E-state index < -0.39 is 6.16 Å². The number of esters is 3. The van der Waals surface area contributed by atoms with E-state index in [1.165, 1.54) is 150 Å². The van der Waals surface area contributed by atoms with Gasteiger partial charge in [-0.25, -0.2) is 4.79 Å². The van der Waals surface area contributed by atoms with E-state index in [1.54, 1.807) is 48.5 Å². The molecule has 14 unspecified atom stereocenters. The van der Waals surface area contributed by atoms with Crippen LogP contribution in [0.15, 0.2) is 152 Å². The lowest BCUT2D eigenvalue weighted by Crippen LogP contribution is -2.58.